The molecule has 2 N–H and O–H groups in total. The first-order chi connectivity index (χ1) is 11.8. The van der Waals surface area contributed by atoms with E-state index in [4.69, 9.17) is 14.5 Å². The predicted octanol–water partition coefficient (Wildman–Crippen LogP) is 2.09. The second kappa shape index (κ2) is 13.1. The van der Waals surface area contributed by atoms with Crippen LogP contribution >= 0.6 is 24.0 Å². The molecule has 1 heterocycles. The summed E-state index contributed by atoms with van der Waals surface area (Å²) in [5.74, 6) is 0.960. The van der Waals surface area contributed by atoms with Gasteiger partial charge in [0.2, 0.25) is 0 Å². The highest BCUT2D eigenvalue weighted by Crippen LogP contribution is 2.48. The predicted molar refractivity (Wildman–Crippen MR) is 114 cm³/mol. The minimum atomic E-state index is 0. The second-order valence-electron chi connectivity index (χ2n) is 6.88. The van der Waals surface area contributed by atoms with Crippen LogP contribution in [0.25, 0.3) is 0 Å². The molecule has 0 bridgehead atoms. The summed E-state index contributed by atoms with van der Waals surface area (Å²) in [6, 6.07) is 0. The summed E-state index contributed by atoms with van der Waals surface area (Å²) < 4.78 is 10.9. The van der Waals surface area contributed by atoms with E-state index in [2.05, 4.69) is 29.4 Å². The first-order valence-corrected chi connectivity index (χ1v) is 9.68. The minimum absolute atomic E-state index is 0. The molecule has 0 atom stereocenters. The smallest absolute Gasteiger partial charge is 0.191 e. The van der Waals surface area contributed by atoms with E-state index in [9.17, 15) is 0 Å². The Balaban J connectivity index is 0.00000312. The third-order valence-electron chi connectivity index (χ3n) is 4.90. The third-order valence-corrected chi connectivity index (χ3v) is 4.90. The molecule has 0 aromatic carbocycles. The molecule has 25 heavy (non-hydrogen) atoms. The largest absolute Gasteiger partial charge is 0.382 e. The van der Waals surface area contributed by atoms with Crippen molar-refractivity contribution < 1.29 is 9.47 Å². The van der Waals surface area contributed by atoms with E-state index in [-0.39, 0.29) is 24.0 Å². The number of aliphatic imine (C=N–C) groups is 1. The van der Waals surface area contributed by atoms with Crippen LogP contribution in [0.15, 0.2) is 4.99 Å². The molecule has 0 spiro atoms. The fraction of sp³-hybridized carbons (Fsp3) is 0.944. The van der Waals surface area contributed by atoms with Gasteiger partial charge in [0, 0.05) is 45.9 Å². The standard InChI is InChI=1S/C18H36N4O2.HI/c1-3-19-17(20-9-5-10-22-11-14-24-15-12-22)21-16-18(6-7-18)8-13-23-4-2;/h3-16H2,1-2H3,(H2,19,20,21);1H. The van der Waals surface area contributed by atoms with E-state index in [1.807, 2.05) is 0 Å². The summed E-state index contributed by atoms with van der Waals surface area (Å²) in [5.41, 5.74) is 0.408. The molecule has 148 valence electrons. The van der Waals surface area contributed by atoms with Gasteiger partial charge in [-0.3, -0.25) is 9.89 Å². The summed E-state index contributed by atoms with van der Waals surface area (Å²) in [6.45, 7) is 13.7. The molecule has 0 unspecified atom stereocenters. The van der Waals surface area contributed by atoms with Crippen LogP contribution in [-0.4, -0.2) is 76.6 Å². The van der Waals surface area contributed by atoms with Gasteiger partial charge in [0.15, 0.2) is 5.96 Å². The lowest BCUT2D eigenvalue weighted by atomic mass is 10.0. The van der Waals surface area contributed by atoms with Gasteiger partial charge in [-0.1, -0.05) is 0 Å². The molecule has 2 aliphatic rings. The van der Waals surface area contributed by atoms with Gasteiger partial charge in [-0.15, -0.1) is 24.0 Å². The molecular formula is C18H37IN4O2. The summed E-state index contributed by atoms with van der Waals surface area (Å²) >= 11 is 0. The Hall–Kier alpha value is -0.120. The van der Waals surface area contributed by atoms with Crippen molar-refractivity contribution in [3.8, 4) is 0 Å². The average molecular weight is 468 g/mol. The fourth-order valence-electron chi connectivity index (χ4n) is 3.02. The number of rotatable bonds is 11. The SMILES string of the molecule is CCNC(=NCC1(CCOCC)CC1)NCCCN1CCOCC1.I. The van der Waals surface area contributed by atoms with Crippen LogP contribution in [-0.2, 0) is 9.47 Å². The monoisotopic (exact) mass is 468 g/mol. The molecule has 1 saturated heterocycles. The number of nitrogens with one attached hydrogen (secondary N) is 2. The first-order valence-electron chi connectivity index (χ1n) is 9.68. The normalized spacial score (nSPS) is 20.0. The van der Waals surface area contributed by atoms with Gasteiger partial charge >= 0.3 is 0 Å². The maximum atomic E-state index is 5.51. The van der Waals surface area contributed by atoms with E-state index in [0.29, 0.717) is 5.41 Å². The highest BCUT2D eigenvalue weighted by Gasteiger charge is 2.41. The lowest BCUT2D eigenvalue weighted by molar-refractivity contribution is 0.0376. The summed E-state index contributed by atoms with van der Waals surface area (Å²) in [4.78, 5) is 7.29. The Morgan fingerprint density at radius 1 is 1.20 bits per heavy atom. The van der Waals surface area contributed by atoms with Gasteiger partial charge in [-0.2, -0.15) is 0 Å². The Labute approximate surface area is 170 Å². The van der Waals surface area contributed by atoms with E-state index in [1.165, 1.54) is 12.8 Å². The van der Waals surface area contributed by atoms with Gasteiger partial charge in [0.1, 0.15) is 0 Å². The van der Waals surface area contributed by atoms with Crippen LogP contribution < -0.4 is 10.6 Å². The molecule has 0 radical (unpaired) electrons. The summed E-state index contributed by atoms with van der Waals surface area (Å²) in [6.07, 6.45) is 4.86. The van der Waals surface area contributed by atoms with Crippen molar-refractivity contribution in [2.45, 2.75) is 39.5 Å². The highest BCUT2D eigenvalue weighted by molar-refractivity contribution is 14.0. The Morgan fingerprint density at radius 2 is 1.96 bits per heavy atom. The molecule has 7 heteroatoms. The van der Waals surface area contributed by atoms with Gasteiger partial charge in [-0.05, 0) is 51.5 Å². The van der Waals surface area contributed by atoms with Crippen LogP contribution in [0.4, 0.5) is 0 Å². The highest BCUT2D eigenvalue weighted by atomic mass is 127. The zero-order valence-electron chi connectivity index (χ0n) is 16.0. The minimum Gasteiger partial charge on any atom is -0.382 e. The molecule has 1 saturated carbocycles. The Kier molecular flexibility index (Phi) is 12.0. The maximum Gasteiger partial charge on any atom is 0.191 e. The lowest BCUT2D eigenvalue weighted by Crippen LogP contribution is -2.41. The van der Waals surface area contributed by atoms with E-state index in [1.54, 1.807) is 0 Å². The molecule has 0 amide bonds. The average Bonchev–Trinajstić information content (AvgIpc) is 3.38. The maximum absolute atomic E-state index is 5.51. The van der Waals surface area contributed by atoms with Gasteiger partial charge in [-0.25, -0.2) is 0 Å². The molecule has 1 aliphatic carbocycles. The molecule has 6 nitrogen and oxygen atoms in total. The second-order valence-corrected chi connectivity index (χ2v) is 6.88. The third kappa shape index (κ3) is 9.40. The molecule has 0 aromatic rings. The number of halogens is 1. The van der Waals surface area contributed by atoms with Gasteiger partial charge < -0.3 is 20.1 Å². The van der Waals surface area contributed by atoms with Gasteiger partial charge in [0.25, 0.3) is 0 Å². The Bertz CT molecular complexity index is 372. The summed E-state index contributed by atoms with van der Waals surface area (Å²) in [7, 11) is 0. The van der Waals surface area contributed by atoms with Crippen LogP contribution in [0.2, 0.25) is 0 Å². The number of hydrogen-bond acceptors (Lipinski definition) is 4. The van der Waals surface area contributed by atoms with E-state index in [0.717, 1.165) is 84.5 Å². The van der Waals surface area contributed by atoms with Crippen molar-refractivity contribution in [3.05, 3.63) is 0 Å². The number of guanidine groups is 1. The van der Waals surface area contributed by atoms with E-state index < -0.39 is 0 Å². The van der Waals surface area contributed by atoms with Crippen molar-refractivity contribution in [2.75, 3.05) is 65.7 Å². The van der Waals surface area contributed by atoms with Crippen molar-refractivity contribution in [3.63, 3.8) is 0 Å². The zero-order chi connectivity index (χ0) is 17.1. The lowest BCUT2D eigenvalue weighted by Gasteiger charge is -2.26. The van der Waals surface area contributed by atoms with Crippen LogP contribution in [0, 0.1) is 5.41 Å². The molecule has 2 rings (SSSR count). The van der Waals surface area contributed by atoms with Crippen LogP contribution in [0.5, 0.6) is 0 Å². The van der Waals surface area contributed by atoms with Crippen molar-refractivity contribution in [1.29, 1.82) is 0 Å². The molecule has 0 aromatic heterocycles. The van der Waals surface area contributed by atoms with E-state index >= 15 is 0 Å². The summed E-state index contributed by atoms with van der Waals surface area (Å²) in [5, 5.41) is 6.84. The fourth-order valence-corrected chi connectivity index (χ4v) is 3.02. The number of ether oxygens (including phenoxy) is 2. The van der Waals surface area contributed by atoms with Gasteiger partial charge in [0.05, 0.1) is 13.2 Å². The van der Waals surface area contributed by atoms with Crippen molar-refractivity contribution in [2.24, 2.45) is 10.4 Å². The molecular weight excluding hydrogens is 431 g/mol. The van der Waals surface area contributed by atoms with Crippen LogP contribution in [0.1, 0.15) is 39.5 Å². The zero-order valence-corrected chi connectivity index (χ0v) is 18.3. The molecule has 1 aliphatic heterocycles. The van der Waals surface area contributed by atoms with Crippen LogP contribution in [0.3, 0.4) is 0 Å². The quantitative estimate of drug-likeness (QED) is 0.211. The topological polar surface area (TPSA) is 58.1 Å². The number of nitrogens with zero attached hydrogens (tertiary/aromatic N) is 2. The Morgan fingerprint density at radius 3 is 2.60 bits per heavy atom. The van der Waals surface area contributed by atoms with Crippen molar-refractivity contribution >= 4 is 29.9 Å². The van der Waals surface area contributed by atoms with Crippen molar-refractivity contribution in [1.82, 2.24) is 15.5 Å². The number of hydrogen-bond donors (Lipinski definition) is 2. The first kappa shape index (κ1) is 22.9. The number of morpholine rings is 1. The molecule has 2 fully saturated rings.